The maximum Gasteiger partial charge on any atom is 0.232 e. The minimum atomic E-state index is -0.333. The normalized spacial score (nSPS) is 25.7. The van der Waals surface area contributed by atoms with Gasteiger partial charge in [-0.3, -0.25) is 4.79 Å². The molecule has 21 heavy (non-hydrogen) atoms. The van der Waals surface area contributed by atoms with Crippen molar-refractivity contribution in [1.29, 1.82) is 0 Å². The minimum Gasteiger partial charge on any atom is -0.308 e. The number of likely N-dealkylation sites (tertiary alicyclic amines) is 1. The first-order valence-corrected chi connectivity index (χ1v) is 7.92. The molecule has 0 aliphatic carbocycles. The summed E-state index contributed by atoms with van der Waals surface area (Å²) in [5.74, 6) is 0.717. The summed E-state index contributed by atoms with van der Waals surface area (Å²) in [5, 5.41) is 0. The fraction of sp³-hybridized carbons (Fsp3) is 0.611. The zero-order valence-electron chi connectivity index (χ0n) is 13.8. The van der Waals surface area contributed by atoms with Crippen LogP contribution in [0.15, 0.2) is 18.2 Å². The van der Waals surface area contributed by atoms with E-state index in [1.807, 2.05) is 20.8 Å². The van der Waals surface area contributed by atoms with Gasteiger partial charge >= 0.3 is 0 Å². The summed E-state index contributed by atoms with van der Waals surface area (Å²) in [6, 6.07) is 6.89. The number of rotatable bonds is 0. The molecule has 0 aromatic heterocycles. The monoisotopic (exact) mass is 286 g/mol. The minimum absolute atomic E-state index is 0.254. The number of anilines is 1. The van der Waals surface area contributed by atoms with Gasteiger partial charge in [-0.05, 0) is 38.6 Å². The number of aryl methyl sites for hydroxylation is 1. The molecule has 3 rings (SSSR count). The van der Waals surface area contributed by atoms with Crippen LogP contribution in [0.4, 0.5) is 5.69 Å². The summed E-state index contributed by atoms with van der Waals surface area (Å²) in [5.41, 5.74) is 3.46. The van der Waals surface area contributed by atoms with Gasteiger partial charge < -0.3 is 9.80 Å². The van der Waals surface area contributed by atoms with E-state index in [0.29, 0.717) is 12.0 Å². The van der Waals surface area contributed by atoms with Crippen LogP contribution in [-0.2, 0) is 4.79 Å². The summed E-state index contributed by atoms with van der Waals surface area (Å²) >= 11 is 0. The molecule has 3 nitrogen and oxygen atoms in total. The molecule has 1 fully saturated rings. The molecular formula is C18H26N2O. The maximum atomic E-state index is 13.0. The Labute approximate surface area is 127 Å². The third-order valence-electron chi connectivity index (χ3n) is 4.81. The lowest BCUT2D eigenvalue weighted by Crippen LogP contribution is -2.50. The average molecular weight is 286 g/mol. The fourth-order valence-corrected chi connectivity index (χ4v) is 3.71. The lowest BCUT2D eigenvalue weighted by atomic mass is 9.88. The predicted octanol–water partition coefficient (Wildman–Crippen LogP) is 3.18. The van der Waals surface area contributed by atoms with Crippen molar-refractivity contribution >= 4 is 11.6 Å². The van der Waals surface area contributed by atoms with Gasteiger partial charge in [0.25, 0.3) is 0 Å². The van der Waals surface area contributed by atoms with E-state index in [1.54, 1.807) is 0 Å². The van der Waals surface area contributed by atoms with Crippen LogP contribution in [0.5, 0.6) is 0 Å². The van der Waals surface area contributed by atoms with Crippen molar-refractivity contribution in [2.24, 2.45) is 5.41 Å². The van der Waals surface area contributed by atoms with Crippen LogP contribution < -0.4 is 4.90 Å². The number of carbonyl (C=O) groups excluding carboxylic acids is 1. The van der Waals surface area contributed by atoms with Crippen molar-refractivity contribution in [1.82, 2.24) is 4.90 Å². The van der Waals surface area contributed by atoms with E-state index in [-0.39, 0.29) is 11.3 Å². The molecule has 2 aliphatic rings. The molecule has 1 amide bonds. The third-order valence-corrected chi connectivity index (χ3v) is 4.81. The van der Waals surface area contributed by atoms with E-state index in [2.05, 4.69) is 42.0 Å². The Kier molecular flexibility index (Phi) is 3.36. The number of carbonyl (C=O) groups is 1. The van der Waals surface area contributed by atoms with Crippen molar-refractivity contribution in [3.63, 3.8) is 0 Å². The summed E-state index contributed by atoms with van der Waals surface area (Å²) in [7, 11) is 2.18. The second-order valence-corrected chi connectivity index (χ2v) is 7.71. The van der Waals surface area contributed by atoms with Crippen LogP contribution in [0, 0.1) is 12.3 Å². The molecule has 0 N–H and O–H groups in total. The molecule has 0 spiro atoms. The third kappa shape index (κ3) is 2.38. The quantitative estimate of drug-likeness (QED) is 0.731. The number of benzene rings is 1. The number of hydrogen-bond acceptors (Lipinski definition) is 2. The second kappa shape index (κ2) is 4.84. The lowest BCUT2D eigenvalue weighted by Gasteiger charge is -2.38. The Bertz CT molecular complexity index is 573. The number of fused-ring (bicyclic) bond motifs is 3. The number of likely N-dealkylation sites (N-methyl/N-ethyl adjacent to an activating group) is 1. The summed E-state index contributed by atoms with van der Waals surface area (Å²) in [6.45, 7) is 10.3. The zero-order chi connectivity index (χ0) is 15.4. The topological polar surface area (TPSA) is 23.6 Å². The molecule has 0 saturated carbocycles. The summed E-state index contributed by atoms with van der Waals surface area (Å²) < 4.78 is 0. The van der Waals surface area contributed by atoms with Gasteiger partial charge in [-0.15, -0.1) is 0 Å². The van der Waals surface area contributed by atoms with Gasteiger partial charge in [0.05, 0.1) is 0 Å². The van der Waals surface area contributed by atoms with E-state index in [9.17, 15) is 4.79 Å². The van der Waals surface area contributed by atoms with Gasteiger partial charge in [-0.25, -0.2) is 0 Å². The SMILES string of the molecule is Cc1ccc2c(c1)[C@H]1CN(C)CC[C@H]1N2C(=O)C(C)(C)C. The summed E-state index contributed by atoms with van der Waals surface area (Å²) in [6.07, 6.45) is 1.07. The van der Waals surface area contributed by atoms with E-state index in [0.717, 1.165) is 25.2 Å². The number of piperidine rings is 1. The first kappa shape index (κ1) is 14.6. The molecule has 1 saturated heterocycles. The van der Waals surface area contributed by atoms with Crippen LogP contribution in [0.1, 0.15) is 44.2 Å². The molecule has 114 valence electrons. The molecule has 2 atom stereocenters. The average Bonchev–Trinajstić information content (AvgIpc) is 2.70. The van der Waals surface area contributed by atoms with Crippen molar-refractivity contribution in [2.75, 3.05) is 25.0 Å². The highest BCUT2D eigenvalue weighted by molar-refractivity contribution is 6.00. The molecule has 0 bridgehead atoms. The maximum absolute atomic E-state index is 13.0. The molecule has 2 heterocycles. The number of nitrogens with zero attached hydrogens (tertiary/aromatic N) is 2. The van der Waals surface area contributed by atoms with E-state index >= 15 is 0 Å². The molecular weight excluding hydrogens is 260 g/mol. The highest BCUT2D eigenvalue weighted by Crippen LogP contribution is 2.46. The second-order valence-electron chi connectivity index (χ2n) is 7.71. The van der Waals surface area contributed by atoms with Crippen LogP contribution in [0.3, 0.4) is 0 Å². The highest BCUT2D eigenvalue weighted by atomic mass is 16.2. The predicted molar refractivity (Wildman–Crippen MR) is 86.8 cm³/mol. The van der Waals surface area contributed by atoms with Gasteiger partial charge in [-0.1, -0.05) is 38.5 Å². The fourth-order valence-electron chi connectivity index (χ4n) is 3.71. The molecule has 1 aromatic carbocycles. The van der Waals surface area contributed by atoms with Gasteiger partial charge in [-0.2, -0.15) is 0 Å². The van der Waals surface area contributed by atoms with E-state index in [1.165, 1.54) is 11.1 Å². The summed E-state index contributed by atoms with van der Waals surface area (Å²) in [4.78, 5) is 17.5. The van der Waals surface area contributed by atoms with Crippen LogP contribution in [0.25, 0.3) is 0 Å². The first-order chi connectivity index (χ1) is 9.79. The molecule has 1 aromatic rings. The molecule has 2 aliphatic heterocycles. The van der Waals surface area contributed by atoms with Gasteiger partial charge in [0.15, 0.2) is 0 Å². The first-order valence-electron chi connectivity index (χ1n) is 7.92. The van der Waals surface area contributed by atoms with Crippen LogP contribution >= 0.6 is 0 Å². The van der Waals surface area contributed by atoms with Gasteiger partial charge in [0.2, 0.25) is 5.91 Å². The standard InChI is InChI=1S/C18H26N2O/c1-12-6-7-15-13(10-12)14-11-19(5)9-8-16(14)20(15)17(21)18(2,3)4/h6-7,10,14,16H,8-9,11H2,1-5H3/t14-,16-/m1/s1. The van der Waals surface area contributed by atoms with Crippen molar-refractivity contribution in [3.05, 3.63) is 29.3 Å². The molecule has 0 unspecified atom stereocenters. The Morgan fingerprint density at radius 2 is 2.00 bits per heavy atom. The van der Waals surface area contributed by atoms with Gasteiger partial charge in [0.1, 0.15) is 0 Å². The molecule has 0 radical (unpaired) electrons. The van der Waals surface area contributed by atoms with Crippen LogP contribution in [0.2, 0.25) is 0 Å². The smallest absolute Gasteiger partial charge is 0.232 e. The Balaban J connectivity index is 2.07. The van der Waals surface area contributed by atoms with Crippen molar-refractivity contribution in [2.45, 2.75) is 46.1 Å². The Morgan fingerprint density at radius 3 is 2.67 bits per heavy atom. The van der Waals surface area contributed by atoms with E-state index in [4.69, 9.17) is 0 Å². The zero-order valence-corrected chi connectivity index (χ0v) is 13.8. The number of amides is 1. The van der Waals surface area contributed by atoms with E-state index < -0.39 is 0 Å². The lowest BCUT2D eigenvalue weighted by molar-refractivity contribution is -0.126. The van der Waals surface area contributed by atoms with Crippen LogP contribution in [-0.4, -0.2) is 37.0 Å². The highest BCUT2D eigenvalue weighted by Gasteiger charge is 2.45. The number of hydrogen-bond donors (Lipinski definition) is 0. The Morgan fingerprint density at radius 1 is 1.29 bits per heavy atom. The van der Waals surface area contributed by atoms with Crippen molar-refractivity contribution in [3.8, 4) is 0 Å². The molecule has 3 heteroatoms. The van der Waals surface area contributed by atoms with Gasteiger partial charge in [0, 0.05) is 29.6 Å². The Hall–Kier alpha value is -1.35. The van der Waals surface area contributed by atoms with Crippen molar-refractivity contribution < 1.29 is 4.79 Å². The largest absolute Gasteiger partial charge is 0.308 e.